The monoisotopic (exact) mass is 305 g/mol. The van der Waals surface area contributed by atoms with E-state index in [1.807, 2.05) is 11.1 Å². The van der Waals surface area contributed by atoms with Gasteiger partial charge in [-0.05, 0) is 31.6 Å². The molecule has 0 bridgehead atoms. The van der Waals surface area contributed by atoms with Gasteiger partial charge in [-0.1, -0.05) is 13.8 Å². The first-order valence-corrected chi connectivity index (χ1v) is 8.56. The molecule has 5 nitrogen and oxygen atoms in total. The van der Waals surface area contributed by atoms with Crippen molar-refractivity contribution in [1.82, 2.24) is 14.9 Å². The lowest BCUT2D eigenvalue weighted by Crippen LogP contribution is -2.48. The number of H-pyrrole nitrogens is 1. The summed E-state index contributed by atoms with van der Waals surface area (Å²) in [6, 6.07) is 0. The zero-order valence-electron chi connectivity index (χ0n) is 13.6. The van der Waals surface area contributed by atoms with Crippen molar-refractivity contribution in [3.8, 4) is 0 Å². The van der Waals surface area contributed by atoms with Gasteiger partial charge in [-0.2, -0.15) is 0 Å². The number of piperidine rings is 1. The molecule has 2 aliphatic rings. The van der Waals surface area contributed by atoms with Crippen molar-refractivity contribution in [2.75, 3.05) is 19.7 Å². The zero-order valence-corrected chi connectivity index (χ0v) is 13.6. The Morgan fingerprint density at radius 2 is 2.14 bits per heavy atom. The first-order valence-electron chi connectivity index (χ1n) is 8.56. The Bertz CT molecular complexity index is 478. The Labute approximate surface area is 132 Å². The van der Waals surface area contributed by atoms with Gasteiger partial charge in [0.15, 0.2) is 0 Å². The lowest BCUT2D eigenvalue weighted by Gasteiger charge is -2.39. The van der Waals surface area contributed by atoms with Crippen molar-refractivity contribution in [2.45, 2.75) is 51.6 Å². The largest absolute Gasteiger partial charge is 0.377 e. The number of likely N-dealkylation sites (tertiary alicyclic amines) is 1. The van der Waals surface area contributed by atoms with Crippen molar-refractivity contribution < 1.29 is 9.53 Å². The third-order valence-corrected chi connectivity index (χ3v) is 5.05. The molecule has 22 heavy (non-hydrogen) atoms. The minimum absolute atomic E-state index is 0.0499. The van der Waals surface area contributed by atoms with Crippen LogP contribution in [0.25, 0.3) is 0 Å². The summed E-state index contributed by atoms with van der Waals surface area (Å²) < 4.78 is 5.88. The minimum Gasteiger partial charge on any atom is -0.377 e. The SMILES string of the molecule is CC(C)[C@H]1OCCC[C@@H]1C(=O)N1CCC(c2ncc[nH]2)CC1. The topological polar surface area (TPSA) is 58.2 Å². The Morgan fingerprint density at radius 3 is 2.77 bits per heavy atom. The van der Waals surface area contributed by atoms with Crippen LogP contribution in [0.1, 0.15) is 51.3 Å². The van der Waals surface area contributed by atoms with Crippen LogP contribution < -0.4 is 0 Å². The van der Waals surface area contributed by atoms with E-state index >= 15 is 0 Å². The van der Waals surface area contributed by atoms with E-state index in [2.05, 4.69) is 23.8 Å². The Morgan fingerprint density at radius 1 is 1.36 bits per heavy atom. The molecular weight excluding hydrogens is 278 g/mol. The molecule has 5 heteroatoms. The van der Waals surface area contributed by atoms with Gasteiger partial charge in [0, 0.05) is 38.0 Å². The number of hydrogen-bond donors (Lipinski definition) is 1. The van der Waals surface area contributed by atoms with Crippen molar-refractivity contribution in [3.63, 3.8) is 0 Å². The molecule has 3 rings (SSSR count). The number of hydrogen-bond acceptors (Lipinski definition) is 3. The molecular formula is C17H27N3O2. The summed E-state index contributed by atoms with van der Waals surface area (Å²) in [6.07, 6.45) is 7.74. The second-order valence-electron chi connectivity index (χ2n) is 6.90. The maximum Gasteiger partial charge on any atom is 0.228 e. The second-order valence-corrected chi connectivity index (χ2v) is 6.90. The number of aromatic amines is 1. The summed E-state index contributed by atoms with van der Waals surface area (Å²) in [6.45, 7) is 6.78. The summed E-state index contributed by atoms with van der Waals surface area (Å²) in [5.74, 6) is 2.27. The van der Waals surface area contributed by atoms with Gasteiger partial charge in [0.05, 0.1) is 12.0 Å². The van der Waals surface area contributed by atoms with E-state index in [4.69, 9.17) is 4.74 Å². The van der Waals surface area contributed by atoms with Gasteiger partial charge >= 0.3 is 0 Å². The number of amides is 1. The molecule has 2 aliphatic heterocycles. The minimum atomic E-state index is 0.0499. The normalized spacial score (nSPS) is 27.3. The predicted octanol–water partition coefficient (Wildman–Crippen LogP) is 2.57. The van der Waals surface area contributed by atoms with Crippen LogP contribution in [-0.2, 0) is 9.53 Å². The number of imidazole rings is 1. The van der Waals surface area contributed by atoms with E-state index in [-0.39, 0.29) is 12.0 Å². The standard InChI is InChI=1S/C17H27N3O2/c1-12(2)15-14(4-3-11-22-15)17(21)20-9-5-13(6-10-20)16-18-7-8-19-16/h7-8,12-15H,3-6,9-11H2,1-2H3,(H,18,19)/t14-,15+/m0/s1. The molecule has 1 aromatic heterocycles. The summed E-state index contributed by atoms with van der Waals surface area (Å²) >= 11 is 0. The quantitative estimate of drug-likeness (QED) is 0.933. The fourth-order valence-corrected chi connectivity index (χ4v) is 3.83. The van der Waals surface area contributed by atoms with Gasteiger partial charge in [0.25, 0.3) is 0 Å². The Hall–Kier alpha value is -1.36. The first-order chi connectivity index (χ1) is 10.7. The number of nitrogens with zero attached hydrogens (tertiary/aromatic N) is 2. The number of ether oxygens (including phenoxy) is 1. The highest BCUT2D eigenvalue weighted by Gasteiger charge is 2.37. The van der Waals surface area contributed by atoms with Gasteiger partial charge in [-0.3, -0.25) is 4.79 Å². The number of rotatable bonds is 3. The van der Waals surface area contributed by atoms with Crippen molar-refractivity contribution in [2.24, 2.45) is 11.8 Å². The molecule has 0 aromatic carbocycles. The van der Waals surface area contributed by atoms with Crippen LogP contribution in [0.3, 0.4) is 0 Å². The van der Waals surface area contributed by atoms with E-state index in [9.17, 15) is 4.79 Å². The lowest BCUT2D eigenvalue weighted by molar-refractivity contribution is -0.148. The van der Waals surface area contributed by atoms with E-state index in [0.29, 0.717) is 17.7 Å². The summed E-state index contributed by atoms with van der Waals surface area (Å²) in [5, 5.41) is 0. The number of aromatic nitrogens is 2. The Kier molecular flexibility index (Phi) is 4.81. The highest BCUT2D eigenvalue weighted by molar-refractivity contribution is 5.79. The van der Waals surface area contributed by atoms with E-state index in [1.165, 1.54) is 0 Å². The maximum absolute atomic E-state index is 12.9. The molecule has 1 aromatic rings. The average molecular weight is 305 g/mol. The molecule has 2 fully saturated rings. The summed E-state index contributed by atoms with van der Waals surface area (Å²) in [5.41, 5.74) is 0. The molecule has 122 valence electrons. The molecule has 2 saturated heterocycles. The third-order valence-electron chi connectivity index (χ3n) is 5.05. The smallest absolute Gasteiger partial charge is 0.228 e. The van der Waals surface area contributed by atoms with E-state index < -0.39 is 0 Å². The lowest BCUT2D eigenvalue weighted by atomic mass is 9.85. The van der Waals surface area contributed by atoms with Gasteiger partial charge in [-0.25, -0.2) is 4.98 Å². The van der Waals surface area contributed by atoms with Gasteiger partial charge in [0.2, 0.25) is 5.91 Å². The van der Waals surface area contributed by atoms with Crippen LogP contribution in [-0.4, -0.2) is 46.6 Å². The second kappa shape index (κ2) is 6.82. The van der Waals surface area contributed by atoms with Crippen LogP contribution in [0.5, 0.6) is 0 Å². The number of carbonyl (C=O) groups is 1. The van der Waals surface area contributed by atoms with Crippen molar-refractivity contribution in [3.05, 3.63) is 18.2 Å². The molecule has 1 amide bonds. The molecule has 0 spiro atoms. The highest BCUT2D eigenvalue weighted by Crippen LogP contribution is 2.31. The Balaban J connectivity index is 1.59. The molecule has 0 aliphatic carbocycles. The number of carbonyl (C=O) groups excluding carboxylic acids is 1. The van der Waals surface area contributed by atoms with E-state index in [0.717, 1.165) is 51.2 Å². The molecule has 0 radical (unpaired) electrons. The summed E-state index contributed by atoms with van der Waals surface area (Å²) in [7, 11) is 0. The van der Waals surface area contributed by atoms with Crippen LogP contribution >= 0.6 is 0 Å². The van der Waals surface area contributed by atoms with Gasteiger partial charge < -0.3 is 14.6 Å². The fourth-order valence-electron chi connectivity index (χ4n) is 3.83. The highest BCUT2D eigenvalue weighted by atomic mass is 16.5. The maximum atomic E-state index is 12.9. The fraction of sp³-hybridized carbons (Fsp3) is 0.765. The number of nitrogens with one attached hydrogen (secondary N) is 1. The zero-order chi connectivity index (χ0) is 15.5. The van der Waals surface area contributed by atoms with E-state index in [1.54, 1.807) is 6.20 Å². The summed E-state index contributed by atoms with van der Waals surface area (Å²) in [4.78, 5) is 22.5. The van der Waals surface area contributed by atoms with Crippen LogP contribution in [0, 0.1) is 11.8 Å². The van der Waals surface area contributed by atoms with Crippen molar-refractivity contribution in [1.29, 1.82) is 0 Å². The van der Waals surface area contributed by atoms with Crippen LogP contribution in [0.15, 0.2) is 12.4 Å². The molecule has 0 saturated carbocycles. The third kappa shape index (κ3) is 3.19. The molecule has 0 unspecified atom stereocenters. The first kappa shape index (κ1) is 15.5. The van der Waals surface area contributed by atoms with Gasteiger partial charge in [-0.15, -0.1) is 0 Å². The van der Waals surface area contributed by atoms with Crippen molar-refractivity contribution >= 4 is 5.91 Å². The molecule has 3 heterocycles. The average Bonchev–Trinajstić information content (AvgIpc) is 3.09. The van der Waals surface area contributed by atoms with Gasteiger partial charge in [0.1, 0.15) is 5.82 Å². The predicted molar refractivity (Wildman–Crippen MR) is 84.4 cm³/mol. The van der Waals surface area contributed by atoms with Crippen LogP contribution in [0.2, 0.25) is 0 Å². The molecule has 1 N–H and O–H groups in total. The molecule has 2 atom stereocenters. The van der Waals surface area contributed by atoms with Crippen LogP contribution in [0.4, 0.5) is 0 Å².